The molecule has 1 aliphatic rings. The SMILES string of the molecule is CC(C)(C)C1=C/C(=C(\c2cc(C(C)(C)C)c([O])c3ccccc23)c2cc(C(C)(C)C)c(O)c3ccccc23)c2ccccc2C1=O. The highest BCUT2D eigenvalue weighted by atomic mass is 16.3. The largest absolute Gasteiger partial charge is 0.507 e. The predicted octanol–water partition coefficient (Wildman–Crippen LogP) is 11.6. The molecule has 0 spiro atoms. The average molecular weight is 608 g/mol. The van der Waals surface area contributed by atoms with Gasteiger partial charge in [0, 0.05) is 33.0 Å². The van der Waals surface area contributed by atoms with Crippen LogP contribution in [0.2, 0.25) is 0 Å². The molecule has 233 valence electrons. The van der Waals surface area contributed by atoms with Gasteiger partial charge in [0.05, 0.1) is 0 Å². The van der Waals surface area contributed by atoms with Gasteiger partial charge in [0.2, 0.25) is 0 Å². The molecule has 0 atom stereocenters. The van der Waals surface area contributed by atoms with E-state index in [-0.39, 0.29) is 22.7 Å². The topological polar surface area (TPSA) is 57.2 Å². The maximum atomic E-state index is 14.0. The predicted molar refractivity (Wildman–Crippen MR) is 191 cm³/mol. The number of hydrogen-bond acceptors (Lipinski definition) is 2. The molecule has 46 heavy (non-hydrogen) atoms. The lowest BCUT2D eigenvalue weighted by Gasteiger charge is -2.30. The molecule has 1 N–H and O–H groups in total. The molecule has 3 nitrogen and oxygen atoms in total. The highest BCUT2D eigenvalue weighted by Crippen LogP contribution is 2.50. The van der Waals surface area contributed by atoms with Crippen molar-refractivity contribution in [2.75, 3.05) is 0 Å². The van der Waals surface area contributed by atoms with Crippen LogP contribution >= 0.6 is 0 Å². The molecule has 0 unspecified atom stereocenters. The Hall–Kier alpha value is -4.63. The summed E-state index contributed by atoms with van der Waals surface area (Å²) in [5.41, 5.74) is 6.40. The quantitative estimate of drug-likeness (QED) is 0.217. The first kappa shape index (κ1) is 31.4. The van der Waals surface area contributed by atoms with Gasteiger partial charge in [-0.25, -0.2) is 0 Å². The van der Waals surface area contributed by atoms with E-state index in [0.29, 0.717) is 10.9 Å². The Balaban J connectivity index is 1.94. The van der Waals surface area contributed by atoms with Gasteiger partial charge < -0.3 is 5.11 Å². The number of benzene rings is 5. The molecular formula is C43H43O3. The van der Waals surface area contributed by atoms with Crippen LogP contribution in [0.3, 0.4) is 0 Å². The van der Waals surface area contributed by atoms with E-state index in [0.717, 1.165) is 60.7 Å². The van der Waals surface area contributed by atoms with Crippen molar-refractivity contribution in [1.82, 2.24) is 0 Å². The Morgan fingerprint density at radius 2 is 1.02 bits per heavy atom. The maximum absolute atomic E-state index is 14.0. The normalized spacial score (nSPS) is 15.2. The molecule has 0 aliphatic heterocycles. The number of fused-ring (bicyclic) bond motifs is 3. The molecule has 5 aromatic carbocycles. The lowest BCUT2D eigenvalue weighted by atomic mass is 9.72. The van der Waals surface area contributed by atoms with Crippen LogP contribution in [-0.2, 0) is 15.9 Å². The lowest BCUT2D eigenvalue weighted by molar-refractivity contribution is 0.101. The monoisotopic (exact) mass is 607 g/mol. The van der Waals surface area contributed by atoms with E-state index in [2.05, 4.69) is 86.6 Å². The fourth-order valence-corrected chi connectivity index (χ4v) is 6.80. The summed E-state index contributed by atoms with van der Waals surface area (Å²) in [5, 5.41) is 28.9. The van der Waals surface area contributed by atoms with Crippen LogP contribution in [0.4, 0.5) is 0 Å². The molecule has 0 bridgehead atoms. The van der Waals surface area contributed by atoms with Crippen LogP contribution in [0.25, 0.3) is 32.7 Å². The molecule has 5 aromatic rings. The van der Waals surface area contributed by atoms with Crippen molar-refractivity contribution < 1.29 is 15.0 Å². The van der Waals surface area contributed by atoms with Gasteiger partial charge in [-0.3, -0.25) is 9.90 Å². The zero-order chi connectivity index (χ0) is 33.3. The lowest BCUT2D eigenvalue weighted by Crippen LogP contribution is -2.22. The summed E-state index contributed by atoms with van der Waals surface area (Å²) in [4.78, 5) is 14.0. The summed E-state index contributed by atoms with van der Waals surface area (Å²) in [6.45, 7) is 18.8. The Kier molecular flexibility index (Phi) is 7.31. The smallest absolute Gasteiger partial charge is 0.190 e. The first-order chi connectivity index (χ1) is 21.5. The van der Waals surface area contributed by atoms with Crippen molar-refractivity contribution in [2.45, 2.75) is 73.1 Å². The number of phenolic OH excluding ortho intramolecular Hbond substituents is 1. The highest BCUT2D eigenvalue weighted by Gasteiger charge is 2.34. The molecule has 0 saturated heterocycles. The van der Waals surface area contributed by atoms with E-state index in [4.69, 9.17) is 0 Å². The molecule has 0 amide bonds. The second-order valence-electron chi connectivity index (χ2n) is 15.7. The van der Waals surface area contributed by atoms with Gasteiger partial charge in [-0.05, 0) is 73.1 Å². The molecule has 3 heteroatoms. The standard InChI is InChI=1S/C43H43O3/c1-41(2,3)34-22-31(25-16-10-13-19-28(25)38(34)44)37(32-23-35(42(4,5)6)39(45)29-20-14-11-17-26(29)32)33-24-36(43(7,8)9)40(46)30-21-15-12-18-27(30)33/h10-24,44H,1-9H3/b37-32+. The van der Waals surface area contributed by atoms with E-state index in [1.165, 1.54) is 0 Å². The van der Waals surface area contributed by atoms with Gasteiger partial charge in [-0.15, -0.1) is 0 Å². The minimum absolute atomic E-state index is 0.0345. The molecule has 1 aliphatic carbocycles. The number of carbonyl (C=O) groups excluding carboxylic acids is 1. The molecule has 6 rings (SSSR count). The van der Waals surface area contributed by atoms with Gasteiger partial charge in [0.25, 0.3) is 0 Å². The van der Waals surface area contributed by atoms with Crippen molar-refractivity contribution in [1.29, 1.82) is 0 Å². The zero-order valence-corrected chi connectivity index (χ0v) is 28.4. The van der Waals surface area contributed by atoms with Crippen molar-refractivity contribution >= 4 is 38.5 Å². The first-order valence-corrected chi connectivity index (χ1v) is 16.1. The van der Waals surface area contributed by atoms with Crippen molar-refractivity contribution in [3.8, 4) is 11.5 Å². The van der Waals surface area contributed by atoms with Crippen LogP contribution in [0.1, 0.15) is 100 Å². The molecular weight excluding hydrogens is 564 g/mol. The number of rotatable bonds is 2. The van der Waals surface area contributed by atoms with Crippen LogP contribution in [0, 0.1) is 5.41 Å². The highest BCUT2D eigenvalue weighted by molar-refractivity contribution is 6.22. The molecule has 1 radical (unpaired) electrons. The fraction of sp³-hybridized carbons (Fsp3) is 0.279. The van der Waals surface area contributed by atoms with Crippen LogP contribution in [0.15, 0.2) is 96.6 Å². The Morgan fingerprint density at radius 3 is 1.57 bits per heavy atom. The maximum Gasteiger partial charge on any atom is 0.190 e. The number of phenols is 1. The van der Waals surface area contributed by atoms with Gasteiger partial charge in [-0.2, -0.15) is 0 Å². The van der Waals surface area contributed by atoms with Gasteiger partial charge >= 0.3 is 0 Å². The summed E-state index contributed by atoms with van der Waals surface area (Å²) in [7, 11) is 0. The van der Waals surface area contributed by atoms with Crippen LogP contribution in [0.5, 0.6) is 11.5 Å². The summed E-state index contributed by atoms with van der Waals surface area (Å²) in [6, 6.07) is 27.9. The summed E-state index contributed by atoms with van der Waals surface area (Å²) >= 11 is 0. The van der Waals surface area contributed by atoms with E-state index in [1.54, 1.807) is 0 Å². The molecule has 0 heterocycles. The Morgan fingerprint density at radius 1 is 0.565 bits per heavy atom. The minimum Gasteiger partial charge on any atom is -0.507 e. The van der Waals surface area contributed by atoms with Crippen molar-refractivity contribution in [2.24, 2.45) is 5.41 Å². The van der Waals surface area contributed by atoms with E-state index < -0.39 is 10.8 Å². The summed E-state index contributed by atoms with van der Waals surface area (Å²) in [6.07, 6.45) is 2.08. The second-order valence-corrected chi connectivity index (χ2v) is 15.7. The van der Waals surface area contributed by atoms with Crippen LogP contribution in [-0.4, -0.2) is 10.9 Å². The van der Waals surface area contributed by atoms with Crippen molar-refractivity contribution in [3.63, 3.8) is 0 Å². The minimum atomic E-state index is -0.411. The number of allylic oxidation sites excluding steroid dienone is 3. The first-order valence-electron chi connectivity index (χ1n) is 16.1. The summed E-state index contributed by atoms with van der Waals surface area (Å²) in [5.74, 6) is 0.344. The Bertz CT molecular complexity index is 2010. The van der Waals surface area contributed by atoms with Gasteiger partial charge in [0.1, 0.15) is 5.75 Å². The van der Waals surface area contributed by atoms with E-state index in [1.807, 2.05) is 66.7 Å². The number of ketones is 1. The second kappa shape index (κ2) is 10.7. The third kappa shape index (κ3) is 5.12. The third-order valence-corrected chi connectivity index (χ3v) is 9.24. The summed E-state index contributed by atoms with van der Waals surface area (Å²) < 4.78 is 0. The number of hydrogen-bond donors (Lipinski definition) is 1. The molecule has 0 saturated carbocycles. The van der Waals surface area contributed by atoms with Crippen molar-refractivity contribution in [3.05, 3.63) is 130 Å². The number of aromatic hydroxyl groups is 1. The van der Waals surface area contributed by atoms with Gasteiger partial charge in [0.15, 0.2) is 11.5 Å². The van der Waals surface area contributed by atoms with E-state index in [9.17, 15) is 15.0 Å². The third-order valence-electron chi connectivity index (χ3n) is 9.24. The van der Waals surface area contributed by atoms with Gasteiger partial charge in [-0.1, -0.05) is 135 Å². The molecule has 0 aromatic heterocycles. The van der Waals surface area contributed by atoms with E-state index >= 15 is 0 Å². The molecule has 0 fully saturated rings. The van der Waals surface area contributed by atoms with Crippen LogP contribution < -0.4 is 0 Å². The average Bonchev–Trinajstić information content (AvgIpc) is 2.98. The zero-order valence-electron chi connectivity index (χ0n) is 28.4. The number of carbonyl (C=O) groups is 1. The number of Topliss-reactive ketones (excluding diaryl/α,β-unsaturated/α-hetero) is 1. The fourth-order valence-electron chi connectivity index (χ4n) is 6.80. The Labute approximate surface area is 272 Å².